The molecule has 0 aromatic carbocycles. The van der Waals surface area contributed by atoms with E-state index in [2.05, 4.69) is 28.2 Å². The van der Waals surface area contributed by atoms with E-state index in [0.29, 0.717) is 12.5 Å². The van der Waals surface area contributed by atoms with E-state index in [4.69, 9.17) is 5.11 Å². The van der Waals surface area contributed by atoms with Crippen LogP contribution in [0, 0.1) is 5.92 Å². The highest BCUT2D eigenvalue weighted by Gasteiger charge is 2.21. The summed E-state index contributed by atoms with van der Waals surface area (Å²) in [7, 11) is 0. The van der Waals surface area contributed by atoms with E-state index in [-0.39, 0.29) is 0 Å². The fraction of sp³-hybridized carbons (Fsp3) is 0.667. The zero-order chi connectivity index (χ0) is 13.5. The zero-order valence-electron chi connectivity index (χ0n) is 11.8. The number of rotatable bonds is 6. The van der Waals surface area contributed by atoms with Crippen molar-refractivity contribution in [3.8, 4) is 0 Å². The molecule has 106 valence electrons. The Kier molecular flexibility index (Phi) is 5.61. The zero-order valence-corrected chi connectivity index (χ0v) is 11.8. The molecule has 4 heteroatoms. The Bertz CT molecular complexity index is 381. The van der Waals surface area contributed by atoms with Gasteiger partial charge in [0.15, 0.2) is 0 Å². The van der Waals surface area contributed by atoms with Gasteiger partial charge in [-0.15, -0.1) is 0 Å². The molecule has 2 N–H and O–H groups in total. The summed E-state index contributed by atoms with van der Waals surface area (Å²) in [5, 5.41) is 12.5. The number of nitrogens with one attached hydrogen (secondary N) is 1. The normalized spacial score (nSPS) is 19.7. The smallest absolute Gasteiger partial charge is 0.133 e. The van der Waals surface area contributed by atoms with Gasteiger partial charge >= 0.3 is 0 Å². The second-order valence-corrected chi connectivity index (χ2v) is 5.23. The van der Waals surface area contributed by atoms with Gasteiger partial charge in [0, 0.05) is 38.0 Å². The number of hydrogen-bond acceptors (Lipinski definition) is 4. The first-order chi connectivity index (χ1) is 9.35. The van der Waals surface area contributed by atoms with Crippen LogP contribution in [0.15, 0.2) is 18.3 Å². The van der Waals surface area contributed by atoms with E-state index in [1.165, 1.54) is 18.4 Å². The van der Waals surface area contributed by atoms with Gasteiger partial charge in [0.05, 0.1) is 0 Å². The van der Waals surface area contributed by atoms with E-state index >= 15 is 0 Å². The summed E-state index contributed by atoms with van der Waals surface area (Å²) in [6, 6.07) is 4.16. The maximum Gasteiger partial charge on any atom is 0.133 e. The third kappa shape index (κ3) is 3.91. The Morgan fingerprint density at radius 1 is 1.53 bits per heavy atom. The summed E-state index contributed by atoms with van der Waals surface area (Å²) >= 11 is 0. The van der Waals surface area contributed by atoms with Gasteiger partial charge < -0.3 is 15.3 Å². The maximum absolute atomic E-state index is 9.10. The second kappa shape index (κ2) is 7.46. The number of aliphatic hydroxyl groups is 1. The lowest BCUT2D eigenvalue weighted by atomic mass is 9.95. The molecule has 1 saturated heterocycles. The number of aromatic nitrogens is 1. The number of aliphatic hydroxyl groups excluding tert-OH is 1. The lowest BCUT2D eigenvalue weighted by Crippen LogP contribution is -2.37. The van der Waals surface area contributed by atoms with E-state index in [1.807, 2.05) is 12.3 Å². The Balaban J connectivity index is 2.07. The molecule has 1 fully saturated rings. The highest BCUT2D eigenvalue weighted by molar-refractivity contribution is 5.47. The van der Waals surface area contributed by atoms with Crippen molar-refractivity contribution in [1.82, 2.24) is 10.3 Å². The Morgan fingerprint density at radius 2 is 2.42 bits per heavy atom. The van der Waals surface area contributed by atoms with Crippen LogP contribution in [0.25, 0.3) is 0 Å². The Labute approximate surface area is 115 Å². The molecule has 1 unspecified atom stereocenters. The fourth-order valence-corrected chi connectivity index (χ4v) is 2.79. The van der Waals surface area contributed by atoms with Gasteiger partial charge in [0.1, 0.15) is 5.82 Å². The third-order valence-electron chi connectivity index (χ3n) is 3.79. The lowest BCUT2D eigenvalue weighted by molar-refractivity contribution is 0.244. The van der Waals surface area contributed by atoms with Gasteiger partial charge in [-0.25, -0.2) is 4.98 Å². The van der Waals surface area contributed by atoms with Crippen LogP contribution in [-0.4, -0.2) is 36.3 Å². The van der Waals surface area contributed by atoms with Crippen molar-refractivity contribution in [3.05, 3.63) is 23.9 Å². The molecule has 0 saturated carbocycles. The predicted molar refractivity (Wildman–Crippen MR) is 78.3 cm³/mol. The number of piperidine rings is 1. The van der Waals surface area contributed by atoms with Crippen LogP contribution in [0.1, 0.15) is 31.7 Å². The summed E-state index contributed by atoms with van der Waals surface area (Å²) in [5.41, 5.74) is 1.27. The first-order valence-electron chi connectivity index (χ1n) is 7.35. The van der Waals surface area contributed by atoms with Gasteiger partial charge in [-0.1, -0.05) is 13.0 Å². The molecule has 1 aromatic rings. The monoisotopic (exact) mass is 263 g/mol. The van der Waals surface area contributed by atoms with Gasteiger partial charge in [-0.05, 0) is 37.8 Å². The average Bonchev–Trinajstić information content (AvgIpc) is 2.46. The molecule has 4 nitrogen and oxygen atoms in total. The van der Waals surface area contributed by atoms with Crippen LogP contribution in [0.2, 0.25) is 0 Å². The summed E-state index contributed by atoms with van der Waals surface area (Å²) in [5.74, 6) is 1.72. The summed E-state index contributed by atoms with van der Waals surface area (Å²) in [6.07, 6.45) is 5.21. The van der Waals surface area contributed by atoms with Crippen LogP contribution in [-0.2, 0) is 6.54 Å². The Morgan fingerprint density at radius 3 is 3.21 bits per heavy atom. The number of nitrogens with zero attached hydrogens (tertiary/aromatic N) is 2. The molecule has 0 aliphatic carbocycles. The first kappa shape index (κ1) is 14.3. The van der Waals surface area contributed by atoms with E-state index in [0.717, 1.165) is 38.4 Å². The summed E-state index contributed by atoms with van der Waals surface area (Å²) in [4.78, 5) is 6.96. The Hall–Kier alpha value is -1.13. The summed E-state index contributed by atoms with van der Waals surface area (Å²) < 4.78 is 0. The molecule has 2 rings (SSSR count). The molecular weight excluding hydrogens is 238 g/mol. The number of pyridine rings is 1. The quantitative estimate of drug-likeness (QED) is 0.821. The van der Waals surface area contributed by atoms with Crippen molar-refractivity contribution in [2.45, 2.75) is 32.7 Å². The molecule has 19 heavy (non-hydrogen) atoms. The first-order valence-corrected chi connectivity index (χ1v) is 7.35. The molecule has 0 radical (unpaired) electrons. The highest BCUT2D eigenvalue weighted by atomic mass is 16.3. The van der Waals surface area contributed by atoms with Crippen LogP contribution >= 0.6 is 0 Å². The van der Waals surface area contributed by atoms with Gasteiger partial charge in [0.25, 0.3) is 0 Å². The maximum atomic E-state index is 9.10. The largest absolute Gasteiger partial charge is 0.396 e. The molecule has 0 bridgehead atoms. The van der Waals surface area contributed by atoms with Crippen LogP contribution in [0.3, 0.4) is 0 Å². The van der Waals surface area contributed by atoms with E-state index < -0.39 is 0 Å². The van der Waals surface area contributed by atoms with Crippen molar-refractivity contribution in [2.75, 3.05) is 31.1 Å². The molecule has 2 heterocycles. The van der Waals surface area contributed by atoms with Crippen LogP contribution in [0.5, 0.6) is 0 Å². The van der Waals surface area contributed by atoms with E-state index in [1.54, 1.807) is 0 Å². The number of hydrogen-bond donors (Lipinski definition) is 2. The van der Waals surface area contributed by atoms with E-state index in [9.17, 15) is 0 Å². The third-order valence-corrected chi connectivity index (χ3v) is 3.79. The molecule has 0 amide bonds. The summed E-state index contributed by atoms with van der Waals surface area (Å²) in [6.45, 7) is 6.37. The molecule has 0 spiro atoms. The minimum absolute atomic E-state index is 0.297. The van der Waals surface area contributed by atoms with Crippen molar-refractivity contribution >= 4 is 5.82 Å². The fourth-order valence-electron chi connectivity index (χ4n) is 2.79. The molecule has 1 atom stereocenters. The van der Waals surface area contributed by atoms with Crippen LogP contribution in [0.4, 0.5) is 5.82 Å². The number of anilines is 1. The molecular formula is C15H25N3O. The van der Waals surface area contributed by atoms with Gasteiger partial charge in [0.2, 0.25) is 0 Å². The van der Waals surface area contributed by atoms with Gasteiger partial charge in [-0.2, -0.15) is 0 Å². The topological polar surface area (TPSA) is 48.4 Å². The highest BCUT2D eigenvalue weighted by Crippen LogP contribution is 2.25. The van der Waals surface area contributed by atoms with Crippen molar-refractivity contribution < 1.29 is 5.11 Å². The minimum Gasteiger partial charge on any atom is -0.396 e. The molecule has 1 aliphatic rings. The standard InChI is InChI=1S/C15H25N3O/c1-2-16-11-14-6-3-8-17-15(14)18-9-4-5-13(12-18)7-10-19/h3,6,8,13,16,19H,2,4-5,7,9-12H2,1H3. The van der Waals surface area contributed by atoms with Crippen molar-refractivity contribution in [2.24, 2.45) is 5.92 Å². The second-order valence-electron chi connectivity index (χ2n) is 5.23. The van der Waals surface area contributed by atoms with Crippen molar-refractivity contribution in [3.63, 3.8) is 0 Å². The van der Waals surface area contributed by atoms with Gasteiger partial charge in [-0.3, -0.25) is 0 Å². The minimum atomic E-state index is 0.297. The SMILES string of the molecule is CCNCc1cccnc1N1CCCC(CCO)C1. The van der Waals surface area contributed by atoms with Crippen molar-refractivity contribution in [1.29, 1.82) is 0 Å². The lowest BCUT2D eigenvalue weighted by Gasteiger charge is -2.34. The molecule has 1 aromatic heterocycles. The average molecular weight is 263 g/mol. The molecule has 1 aliphatic heterocycles. The van der Waals surface area contributed by atoms with Crippen LogP contribution < -0.4 is 10.2 Å². The predicted octanol–water partition coefficient (Wildman–Crippen LogP) is 1.79.